The fourth-order valence-electron chi connectivity index (χ4n) is 1.34. The SMILES string of the molecule is CCOCCN(C)C(=O)c1sccc1C#CCN. The molecule has 0 fully saturated rings. The van der Waals surface area contributed by atoms with E-state index in [1.807, 2.05) is 18.4 Å². The third kappa shape index (κ3) is 4.15. The van der Waals surface area contributed by atoms with Gasteiger partial charge in [-0.3, -0.25) is 4.79 Å². The molecule has 0 aliphatic carbocycles. The maximum Gasteiger partial charge on any atom is 0.265 e. The Kier molecular flexibility index (Phi) is 6.44. The summed E-state index contributed by atoms with van der Waals surface area (Å²) in [7, 11) is 1.77. The number of likely N-dealkylation sites (N-methyl/N-ethyl adjacent to an activating group) is 1. The Morgan fingerprint density at radius 2 is 2.39 bits per heavy atom. The first-order valence-corrected chi connectivity index (χ1v) is 6.68. The molecule has 2 N–H and O–H groups in total. The second kappa shape index (κ2) is 7.88. The van der Waals surface area contributed by atoms with Crippen LogP contribution in [0.5, 0.6) is 0 Å². The molecule has 0 saturated carbocycles. The largest absolute Gasteiger partial charge is 0.380 e. The minimum absolute atomic E-state index is 0.0222. The van der Waals surface area contributed by atoms with Gasteiger partial charge in [0.1, 0.15) is 4.88 Å². The maximum absolute atomic E-state index is 12.2. The molecule has 0 radical (unpaired) electrons. The average molecular weight is 266 g/mol. The van der Waals surface area contributed by atoms with Gasteiger partial charge in [0, 0.05) is 25.8 Å². The highest BCUT2D eigenvalue weighted by molar-refractivity contribution is 7.12. The molecule has 1 aromatic heterocycles. The molecule has 4 nitrogen and oxygen atoms in total. The van der Waals surface area contributed by atoms with Gasteiger partial charge in [0.15, 0.2) is 0 Å². The molecule has 0 aliphatic heterocycles. The lowest BCUT2D eigenvalue weighted by molar-refractivity contribution is 0.0714. The quantitative estimate of drug-likeness (QED) is 0.643. The molecule has 0 bridgehead atoms. The van der Waals surface area contributed by atoms with Gasteiger partial charge in [0.2, 0.25) is 0 Å². The van der Waals surface area contributed by atoms with E-state index in [1.54, 1.807) is 11.9 Å². The molecule has 1 aromatic rings. The van der Waals surface area contributed by atoms with E-state index in [9.17, 15) is 4.79 Å². The van der Waals surface area contributed by atoms with Crippen LogP contribution in [0.2, 0.25) is 0 Å². The number of hydrogen-bond donors (Lipinski definition) is 1. The Morgan fingerprint density at radius 1 is 1.61 bits per heavy atom. The summed E-state index contributed by atoms with van der Waals surface area (Å²) in [6, 6.07) is 1.84. The summed E-state index contributed by atoms with van der Waals surface area (Å²) in [5.41, 5.74) is 6.08. The van der Waals surface area contributed by atoms with E-state index in [0.717, 1.165) is 5.56 Å². The zero-order valence-electron chi connectivity index (χ0n) is 10.7. The molecule has 0 unspecified atom stereocenters. The highest BCUT2D eigenvalue weighted by Gasteiger charge is 2.16. The van der Waals surface area contributed by atoms with Gasteiger partial charge in [0.25, 0.3) is 5.91 Å². The molecule has 98 valence electrons. The van der Waals surface area contributed by atoms with Gasteiger partial charge in [-0.05, 0) is 18.4 Å². The fraction of sp³-hybridized carbons (Fsp3) is 0.462. The molecule has 1 rings (SSSR count). The van der Waals surface area contributed by atoms with Gasteiger partial charge in [-0.15, -0.1) is 11.3 Å². The predicted molar refractivity (Wildman–Crippen MR) is 73.7 cm³/mol. The van der Waals surface area contributed by atoms with Crippen LogP contribution in [-0.4, -0.2) is 44.2 Å². The zero-order chi connectivity index (χ0) is 13.4. The lowest BCUT2D eigenvalue weighted by atomic mass is 10.2. The number of carbonyl (C=O) groups excluding carboxylic acids is 1. The molecular weight excluding hydrogens is 248 g/mol. The Balaban J connectivity index is 2.68. The highest BCUT2D eigenvalue weighted by Crippen LogP contribution is 2.17. The van der Waals surface area contributed by atoms with Gasteiger partial charge >= 0.3 is 0 Å². The van der Waals surface area contributed by atoms with Crippen molar-refractivity contribution in [1.29, 1.82) is 0 Å². The topological polar surface area (TPSA) is 55.6 Å². The van der Waals surface area contributed by atoms with Gasteiger partial charge in [-0.1, -0.05) is 11.8 Å². The summed E-state index contributed by atoms with van der Waals surface area (Å²) in [6.07, 6.45) is 0. The number of carbonyl (C=O) groups is 1. The van der Waals surface area contributed by atoms with Crippen molar-refractivity contribution in [2.75, 3.05) is 33.4 Å². The Morgan fingerprint density at radius 3 is 3.06 bits per heavy atom. The van der Waals surface area contributed by atoms with Crippen molar-refractivity contribution in [3.63, 3.8) is 0 Å². The summed E-state index contributed by atoms with van der Waals surface area (Å²) in [4.78, 5) is 14.5. The molecule has 18 heavy (non-hydrogen) atoms. The Bertz CT molecular complexity index is 445. The van der Waals surface area contributed by atoms with Gasteiger partial charge in [0.05, 0.1) is 13.2 Å². The first kappa shape index (κ1) is 14.7. The molecule has 0 spiro atoms. The van der Waals surface area contributed by atoms with Crippen molar-refractivity contribution in [2.24, 2.45) is 5.73 Å². The second-order valence-corrected chi connectivity index (χ2v) is 4.51. The molecule has 0 saturated heterocycles. The van der Waals surface area contributed by atoms with Crippen LogP contribution in [0.1, 0.15) is 22.2 Å². The number of thiophene rings is 1. The normalized spacial score (nSPS) is 9.72. The summed E-state index contributed by atoms with van der Waals surface area (Å²) in [5, 5.41) is 1.87. The van der Waals surface area contributed by atoms with Gasteiger partial charge in [-0.2, -0.15) is 0 Å². The van der Waals surface area contributed by atoms with E-state index in [4.69, 9.17) is 10.5 Å². The first-order valence-electron chi connectivity index (χ1n) is 5.80. The third-order valence-electron chi connectivity index (χ3n) is 2.31. The minimum atomic E-state index is -0.0222. The van der Waals surface area contributed by atoms with E-state index in [0.29, 0.717) is 31.2 Å². The second-order valence-electron chi connectivity index (χ2n) is 3.59. The van der Waals surface area contributed by atoms with Crippen molar-refractivity contribution in [2.45, 2.75) is 6.92 Å². The summed E-state index contributed by atoms with van der Waals surface area (Å²) < 4.78 is 5.23. The van der Waals surface area contributed by atoms with Crippen molar-refractivity contribution in [1.82, 2.24) is 4.90 Å². The minimum Gasteiger partial charge on any atom is -0.380 e. The lowest BCUT2D eigenvalue weighted by Gasteiger charge is -2.16. The first-order chi connectivity index (χ1) is 8.70. The number of rotatable bonds is 5. The summed E-state index contributed by atoms with van der Waals surface area (Å²) in [6.45, 7) is 4.02. The van der Waals surface area contributed by atoms with Crippen molar-refractivity contribution < 1.29 is 9.53 Å². The fourth-order valence-corrected chi connectivity index (χ4v) is 2.18. The summed E-state index contributed by atoms with van der Waals surface area (Å²) >= 11 is 1.40. The van der Waals surface area contributed by atoms with Crippen LogP contribution in [0, 0.1) is 11.8 Å². The lowest BCUT2D eigenvalue weighted by Crippen LogP contribution is -2.30. The highest BCUT2D eigenvalue weighted by atomic mass is 32.1. The summed E-state index contributed by atoms with van der Waals surface area (Å²) in [5.74, 6) is 5.66. The van der Waals surface area contributed by atoms with Crippen molar-refractivity contribution >= 4 is 17.2 Å². The van der Waals surface area contributed by atoms with Crippen molar-refractivity contribution in [3.05, 3.63) is 21.9 Å². The smallest absolute Gasteiger partial charge is 0.265 e. The van der Waals surface area contributed by atoms with Crippen LogP contribution in [0.4, 0.5) is 0 Å². The number of nitrogens with two attached hydrogens (primary N) is 1. The van der Waals surface area contributed by atoms with E-state index in [1.165, 1.54) is 11.3 Å². The average Bonchev–Trinajstić information content (AvgIpc) is 2.83. The van der Waals surface area contributed by atoms with Crippen LogP contribution in [0.15, 0.2) is 11.4 Å². The van der Waals surface area contributed by atoms with Gasteiger partial charge in [-0.25, -0.2) is 0 Å². The molecule has 5 heteroatoms. The van der Waals surface area contributed by atoms with Crippen LogP contribution < -0.4 is 5.73 Å². The van der Waals surface area contributed by atoms with Crippen molar-refractivity contribution in [3.8, 4) is 11.8 Å². The molecule has 1 amide bonds. The molecular formula is C13H18N2O2S. The van der Waals surface area contributed by atoms with Crippen LogP contribution in [0.3, 0.4) is 0 Å². The molecule has 0 aromatic carbocycles. The van der Waals surface area contributed by atoms with E-state index >= 15 is 0 Å². The Hall–Kier alpha value is -1.35. The van der Waals surface area contributed by atoms with E-state index in [-0.39, 0.29) is 5.91 Å². The number of nitrogens with zero attached hydrogens (tertiary/aromatic N) is 1. The van der Waals surface area contributed by atoms with E-state index in [2.05, 4.69) is 11.8 Å². The standard InChI is InChI=1S/C13H18N2O2S/c1-3-17-9-8-15(2)13(16)12-11(5-4-7-14)6-10-18-12/h6,10H,3,7-9,14H2,1-2H3. The molecule has 0 aliphatic rings. The zero-order valence-corrected chi connectivity index (χ0v) is 11.5. The van der Waals surface area contributed by atoms with Crippen LogP contribution in [-0.2, 0) is 4.74 Å². The van der Waals surface area contributed by atoms with Crippen LogP contribution >= 0.6 is 11.3 Å². The number of ether oxygens (including phenoxy) is 1. The number of hydrogen-bond acceptors (Lipinski definition) is 4. The van der Waals surface area contributed by atoms with Gasteiger partial charge < -0.3 is 15.4 Å². The Labute approximate surface area is 112 Å². The number of amides is 1. The molecule has 0 atom stereocenters. The third-order valence-corrected chi connectivity index (χ3v) is 3.21. The monoisotopic (exact) mass is 266 g/mol. The van der Waals surface area contributed by atoms with E-state index < -0.39 is 0 Å². The predicted octanol–water partition coefficient (Wildman–Crippen LogP) is 1.17. The van der Waals surface area contributed by atoms with Crippen LogP contribution in [0.25, 0.3) is 0 Å². The maximum atomic E-state index is 12.2. The molecule has 1 heterocycles.